The lowest BCUT2D eigenvalue weighted by molar-refractivity contribution is -0.274. The van der Waals surface area contributed by atoms with Gasteiger partial charge in [0.25, 0.3) is 0 Å². The fourth-order valence-electron chi connectivity index (χ4n) is 3.43. The number of carbonyl (C=O) groups is 1. The molecule has 1 N–H and O–H groups in total. The molecule has 2 aromatic rings. The number of rotatable bonds is 7. The van der Waals surface area contributed by atoms with E-state index in [0.29, 0.717) is 6.54 Å². The van der Waals surface area contributed by atoms with Gasteiger partial charge in [-0.05, 0) is 42.7 Å². The number of hydrogen-bond donors (Lipinski definition) is 1. The maximum Gasteiger partial charge on any atom is 0.573 e. The maximum atomic E-state index is 12.6. The van der Waals surface area contributed by atoms with Gasteiger partial charge in [-0.25, -0.2) is 13.1 Å². The first-order valence-corrected chi connectivity index (χ1v) is 10.8. The Labute approximate surface area is 172 Å². The minimum absolute atomic E-state index is 0.0160. The molecule has 1 amide bonds. The molecule has 0 aromatic heterocycles. The molecule has 1 unspecified atom stereocenters. The second kappa shape index (κ2) is 9.05. The van der Waals surface area contributed by atoms with E-state index in [1.807, 2.05) is 30.3 Å². The molecule has 0 bridgehead atoms. The molecular formula is C20H21F3N2O4S. The maximum absolute atomic E-state index is 12.6. The summed E-state index contributed by atoms with van der Waals surface area (Å²) in [5.41, 5.74) is 1.05. The summed E-state index contributed by atoms with van der Waals surface area (Å²) in [5.74, 6) is -0.671. The molecule has 0 radical (unpaired) electrons. The van der Waals surface area contributed by atoms with Gasteiger partial charge in [-0.15, -0.1) is 13.2 Å². The monoisotopic (exact) mass is 442 g/mol. The van der Waals surface area contributed by atoms with E-state index in [2.05, 4.69) is 9.46 Å². The Morgan fingerprint density at radius 2 is 1.77 bits per heavy atom. The van der Waals surface area contributed by atoms with Crippen LogP contribution in [-0.4, -0.2) is 38.7 Å². The molecule has 1 aliphatic heterocycles. The normalized spacial score (nSPS) is 17.2. The first kappa shape index (κ1) is 22.1. The van der Waals surface area contributed by atoms with Crippen LogP contribution in [0.1, 0.15) is 30.9 Å². The number of ether oxygens (including phenoxy) is 1. The second-order valence-electron chi connectivity index (χ2n) is 6.82. The molecule has 6 nitrogen and oxygen atoms in total. The highest BCUT2D eigenvalue weighted by molar-refractivity contribution is 7.89. The molecule has 30 heavy (non-hydrogen) atoms. The van der Waals surface area contributed by atoms with Gasteiger partial charge in [-0.2, -0.15) is 0 Å². The van der Waals surface area contributed by atoms with Gasteiger partial charge < -0.3 is 9.64 Å². The highest BCUT2D eigenvalue weighted by atomic mass is 32.2. The summed E-state index contributed by atoms with van der Waals surface area (Å²) >= 11 is 0. The lowest BCUT2D eigenvalue weighted by Crippen LogP contribution is -2.34. The van der Waals surface area contributed by atoms with E-state index in [1.165, 1.54) is 0 Å². The zero-order chi connectivity index (χ0) is 21.8. The van der Waals surface area contributed by atoms with Crippen molar-refractivity contribution in [3.8, 4) is 5.75 Å². The van der Waals surface area contributed by atoms with Crippen LogP contribution in [0.15, 0.2) is 59.5 Å². The van der Waals surface area contributed by atoms with Crippen LogP contribution in [0.4, 0.5) is 13.2 Å². The number of halogens is 3. The van der Waals surface area contributed by atoms with E-state index in [1.54, 1.807) is 4.90 Å². The van der Waals surface area contributed by atoms with Crippen molar-refractivity contribution in [2.45, 2.75) is 36.6 Å². The lowest BCUT2D eigenvalue weighted by atomic mass is 10.0. The van der Waals surface area contributed by atoms with E-state index < -0.39 is 22.1 Å². The number of nitrogens with one attached hydrogen (secondary N) is 1. The molecule has 162 valence electrons. The number of likely N-dealkylation sites (tertiary alicyclic amines) is 1. The van der Waals surface area contributed by atoms with Crippen LogP contribution in [-0.2, 0) is 14.8 Å². The predicted molar refractivity (Wildman–Crippen MR) is 103 cm³/mol. The SMILES string of the molecule is O=C(CCNS(=O)(=O)c1ccc(OC(F)(F)F)cc1)N1CCCC1c1ccccc1. The Hall–Kier alpha value is -2.59. The number of benzene rings is 2. The van der Waals surface area contributed by atoms with Crippen LogP contribution < -0.4 is 9.46 Å². The third kappa shape index (κ3) is 5.73. The molecule has 1 fully saturated rings. The summed E-state index contributed by atoms with van der Waals surface area (Å²) < 4.78 is 67.3. The third-order valence-corrected chi connectivity index (χ3v) is 6.23. The van der Waals surface area contributed by atoms with Gasteiger partial charge in [0.05, 0.1) is 10.9 Å². The summed E-state index contributed by atoms with van der Waals surface area (Å²) in [6.45, 7) is 0.506. The Morgan fingerprint density at radius 3 is 2.40 bits per heavy atom. The van der Waals surface area contributed by atoms with Crippen molar-refractivity contribution in [3.63, 3.8) is 0 Å². The molecule has 1 atom stereocenters. The summed E-state index contributed by atoms with van der Waals surface area (Å²) in [5, 5.41) is 0. The number of alkyl halides is 3. The van der Waals surface area contributed by atoms with E-state index in [9.17, 15) is 26.4 Å². The molecule has 3 rings (SSSR count). The zero-order valence-corrected chi connectivity index (χ0v) is 16.7. The molecule has 2 aromatic carbocycles. The molecule has 0 spiro atoms. The van der Waals surface area contributed by atoms with Crippen molar-refractivity contribution in [1.29, 1.82) is 0 Å². The van der Waals surface area contributed by atoms with Crippen LogP contribution in [0.5, 0.6) is 5.75 Å². The van der Waals surface area contributed by atoms with Gasteiger partial charge >= 0.3 is 6.36 Å². The van der Waals surface area contributed by atoms with Crippen LogP contribution in [0.2, 0.25) is 0 Å². The van der Waals surface area contributed by atoms with Gasteiger partial charge in [0.2, 0.25) is 15.9 Å². The third-order valence-electron chi connectivity index (χ3n) is 4.76. The second-order valence-corrected chi connectivity index (χ2v) is 8.59. The Balaban J connectivity index is 1.55. The fourth-order valence-corrected chi connectivity index (χ4v) is 4.46. The number of sulfonamides is 1. The van der Waals surface area contributed by atoms with Crippen molar-refractivity contribution >= 4 is 15.9 Å². The van der Waals surface area contributed by atoms with E-state index in [4.69, 9.17) is 0 Å². The molecule has 0 saturated carbocycles. The average Bonchev–Trinajstić information content (AvgIpc) is 3.17. The quantitative estimate of drug-likeness (QED) is 0.711. The Bertz CT molecular complexity index is 964. The summed E-state index contributed by atoms with van der Waals surface area (Å²) in [6.07, 6.45) is -3.14. The van der Waals surface area contributed by atoms with Gasteiger partial charge in [-0.3, -0.25) is 4.79 Å². The molecule has 1 heterocycles. The van der Waals surface area contributed by atoms with E-state index in [-0.39, 0.29) is 29.8 Å². The Morgan fingerprint density at radius 1 is 1.10 bits per heavy atom. The first-order valence-electron chi connectivity index (χ1n) is 9.36. The standard InChI is InChI=1S/C20H21F3N2O4S/c21-20(22,23)29-16-8-10-17(11-9-16)30(27,28)24-13-12-19(26)25-14-4-7-18(25)15-5-2-1-3-6-15/h1-3,5-6,8-11,18,24H,4,7,12-14H2. The van der Waals surface area contributed by atoms with Crippen molar-refractivity contribution in [1.82, 2.24) is 9.62 Å². The number of hydrogen-bond acceptors (Lipinski definition) is 4. The number of carbonyl (C=O) groups excluding carboxylic acids is 1. The summed E-state index contributed by atoms with van der Waals surface area (Å²) in [6, 6.07) is 13.5. The van der Waals surface area contributed by atoms with Crippen LogP contribution in [0, 0.1) is 0 Å². The van der Waals surface area contributed by atoms with E-state index in [0.717, 1.165) is 42.7 Å². The Kier molecular flexibility index (Phi) is 6.67. The average molecular weight is 442 g/mol. The summed E-state index contributed by atoms with van der Waals surface area (Å²) in [4.78, 5) is 14.1. The van der Waals surface area contributed by atoms with Crippen LogP contribution >= 0.6 is 0 Å². The molecule has 0 aliphatic carbocycles. The topological polar surface area (TPSA) is 75.7 Å². The molecular weight excluding hydrogens is 421 g/mol. The van der Waals surface area contributed by atoms with Crippen LogP contribution in [0.3, 0.4) is 0 Å². The summed E-state index contributed by atoms with van der Waals surface area (Å²) in [7, 11) is -3.96. The zero-order valence-electron chi connectivity index (χ0n) is 15.9. The minimum Gasteiger partial charge on any atom is -0.406 e. The van der Waals surface area contributed by atoms with Gasteiger partial charge in [0, 0.05) is 19.5 Å². The highest BCUT2D eigenvalue weighted by Crippen LogP contribution is 2.32. The molecule has 1 aliphatic rings. The smallest absolute Gasteiger partial charge is 0.406 e. The van der Waals surface area contributed by atoms with Crippen LogP contribution in [0.25, 0.3) is 0 Å². The predicted octanol–water partition coefficient (Wildman–Crippen LogP) is 3.62. The molecule has 1 saturated heterocycles. The van der Waals surface area contributed by atoms with Crippen molar-refractivity contribution in [3.05, 3.63) is 60.2 Å². The van der Waals surface area contributed by atoms with Crippen molar-refractivity contribution < 1.29 is 31.1 Å². The van der Waals surface area contributed by atoms with Gasteiger partial charge in [0.15, 0.2) is 0 Å². The highest BCUT2D eigenvalue weighted by Gasteiger charge is 2.31. The van der Waals surface area contributed by atoms with E-state index >= 15 is 0 Å². The lowest BCUT2D eigenvalue weighted by Gasteiger charge is -2.25. The van der Waals surface area contributed by atoms with Crippen molar-refractivity contribution in [2.24, 2.45) is 0 Å². The van der Waals surface area contributed by atoms with Crippen molar-refractivity contribution in [2.75, 3.05) is 13.1 Å². The van der Waals surface area contributed by atoms with Gasteiger partial charge in [-0.1, -0.05) is 30.3 Å². The number of nitrogens with zero attached hydrogens (tertiary/aromatic N) is 1. The molecule has 10 heteroatoms. The first-order chi connectivity index (χ1) is 14.2. The van der Waals surface area contributed by atoms with Gasteiger partial charge in [0.1, 0.15) is 5.75 Å². The number of amides is 1. The fraction of sp³-hybridized carbons (Fsp3) is 0.350. The largest absolute Gasteiger partial charge is 0.573 e. The minimum atomic E-state index is -4.85.